The highest BCUT2D eigenvalue weighted by molar-refractivity contribution is 6.09. The summed E-state index contributed by atoms with van der Waals surface area (Å²) in [6.07, 6.45) is -1.95. The zero-order valence-electron chi connectivity index (χ0n) is 10.5. The molecule has 0 aromatic rings. The lowest BCUT2D eigenvalue weighted by Crippen LogP contribution is -2.46. The second kappa shape index (κ2) is 4.95. The molecule has 2 N–H and O–H groups in total. The summed E-state index contributed by atoms with van der Waals surface area (Å²) in [5.74, 6) is -1.54. The Morgan fingerprint density at radius 3 is 2.45 bits per heavy atom. The summed E-state index contributed by atoms with van der Waals surface area (Å²) in [7, 11) is 0. The Balaban J connectivity index is 1.94. The molecular formula is C11H14F3N3O3. The van der Waals surface area contributed by atoms with E-state index >= 15 is 0 Å². The molecule has 1 aliphatic carbocycles. The Morgan fingerprint density at radius 2 is 1.90 bits per heavy atom. The van der Waals surface area contributed by atoms with Crippen molar-refractivity contribution < 1.29 is 27.6 Å². The van der Waals surface area contributed by atoms with Gasteiger partial charge in [-0.1, -0.05) is 12.8 Å². The number of carbonyl (C=O) groups excluding carboxylic acids is 3. The molecule has 2 rings (SSSR count). The average molecular weight is 293 g/mol. The van der Waals surface area contributed by atoms with Crippen molar-refractivity contribution in [3.05, 3.63) is 0 Å². The number of carbonyl (C=O) groups is 3. The molecule has 1 saturated carbocycles. The quantitative estimate of drug-likeness (QED) is 0.745. The van der Waals surface area contributed by atoms with Crippen LogP contribution in [0.5, 0.6) is 0 Å². The van der Waals surface area contributed by atoms with Gasteiger partial charge in [-0.15, -0.1) is 0 Å². The highest BCUT2D eigenvalue weighted by Crippen LogP contribution is 2.34. The van der Waals surface area contributed by atoms with E-state index < -0.39 is 42.7 Å². The lowest BCUT2D eigenvalue weighted by atomic mass is 9.98. The van der Waals surface area contributed by atoms with Crippen LogP contribution in [0.2, 0.25) is 0 Å². The maximum absolute atomic E-state index is 12.1. The summed E-state index contributed by atoms with van der Waals surface area (Å²) in [4.78, 5) is 35.8. The minimum atomic E-state index is -4.53. The molecule has 9 heteroatoms. The number of imide groups is 1. The molecule has 0 aromatic heterocycles. The predicted molar refractivity (Wildman–Crippen MR) is 60.5 cm³/mol. The summed E-state index contributed by atoms with van der Waals surface area (Å²) in [6.45, 7) is -2.18. The van der Waals surface area contributed by atoms with Gasteiger partial charge in [0.05, 0.1) is 0 Å². The number of hydrogen-bond acceptors (Lipinski definition) is 3. The van der Waals surface area contributed by atoms with Gasteiger partial charge in [-0.2, -0.15) is 13.2 Å². The fourth-order valence-corrected chi connectivity index (χ4v) is 2.54. The molecule has 112 valence electrons. The van der Waals surface area contributed by atoms with Crippen LogP contribution in [-0.4, -0.2) is 47.6 Å². The molecule has 0 bridgehead atoms. The van der Waals surface area contributed by atoms with Crippen molar-refractivity contribution in [2.45, 2.75) is 37.4 Å². The van der Waals surface area contributed by atoms with Crippen LogP contribution in [0.15, 0.2) is 0 Å². The summed E-state index contributed by atoms with van der Waals surface area (Å²) in [6, 6.07) is -0.723. The third kappa shape index (κ3) is 2.86. The zero-order valence-corrected chi connectivity index (χ0v) is 10.5. The number of urea groups is 1. The number of halogens is 3. The minimum Gasteiger partial charge on any atom is -0.345 e. The van der Waals surface area contributed by atoms with Crippen molar-refractivity contribution in [3.63, 3.8) is 0 Å². The maximum atomic E-state index is 12.1. The lowest BCUT2D eigenvalue weighted by molar-refractivity contribution is -0.141. The molecule has 0 aromatic carbocycles. The Kier molecular flexibility index (Phi) is 3.61. The fourth-order valence-electron chi connectivity index (χ4n) is 2.54. The molecule has 2 fully saturated rings. The highest BCUT2D eigenvalue weighted by atomic mass is 19.4. The van der Waals surface area contributed by atoms with E-state index in [1.165, 1.54) is 0 Å². The second-order valence-electron chi connectivity index (χ2n) is 5.00. The molecule has 6 nitrogen and oxygen atoms in total. The Labute approximate surface area is 112 Å². The first kappa shape index (κ1) is 14.6. The summed E-state index contributed by atoms with van der Waals surface area (Å²) >= 11 is 0. The van der Waals surface area contributed by atoms with Gasteiger partial charge < -0.3 is 10.6 Å². The normalized spacial score (nSPS) is 21.4. The van der Waals surface area contributed by atoms with Crippen molar-refractivity contribution in [2.75, 3.05) is 13.1 Å². The van der Waals surface area contributed by atoms with Gasteiger partial charge in [0.2, 0.25) is 5.91 Å². The van der Waals surface area contributed by atoms with E-state index in [4.69, 9.17) is 0 Å². The highest BCUT2D eigenvalue weighted by Gasteiger charge is 2.52. The van der Waals surface area contributed by atoms with Crippen LogP contribution in [0, 0.1) is 0 Å². The summed E-state index contributed by atoms with van der Waals surface area (Å²) in [5.41, 5.74) is -0.957. The molecular weight excluding hydrogens is 279 g/mol. The van der Waals surface area contributed by atoms with Crippen LogP contribution in [0.1, 0.15) is 25.7 Å². The number of rotatable bonds is 3. The number of nitrogens with zero attached hydrogens (tertiary/aromatic N) is 1. The van der Waals surface area contributed by atoms with Crippen LogP contribution in [0.4, 0.5) is 18.0 Å². The first-order valence-electron chi connectivity index (χ1n) is 6.21. The smallest absolute Gasteiger partial charge is 0.345 e. The molecule has 1 heterocycles. The SMILES string of the molecule is O=C(CN1C(=O)NC2(CCCC2)C1=O)NCC(F)(F)F. The number of alkyl halides is 3. The molecule has 1 spiro atoms. The predicted octanol–water partition coefficient (Wildman–Crippen LogP) is 0.529. The molecule has 2 aliphatic rings. The largest absolute Gasteiger partial charge is 0.405 e. The number of hydrogen-bond donors (Lipinski definition) is 2. The van der Waals surface area contributed by atoms with E-state index in [0.717, 1.165) is 12.8 Å². The van der Waals surface area contributed by atoms with Crippen molar-refractivity contribution >= 4 is 17.8 Å². The van der Waals surface area contributed by atoms with Crippen LogP contribution in [0.3, 0.4) is 0 Å². The van der Waals surface area contributed by atoms with Gasteiger partial charge in [-0.25, -0.2) is 4.79 Å². The topological polar surface area (TPSA) is 78.5 Å². The van der Waals surface area contributed by atoms with Gasteiger partial charge >= 0.3 is 12.2 Å². The van der Waals surface area contributed by atoms with Crippen LogP contribution < -0.4 is 10.6 Å². The Morgan fingerprint density at radius 1 is 1.30 bits per heavy atom. The number of amides is 4. The van der Waals surface area contributed by atoms with Gasteiger partial charge in [-0.05, 0) is 12.8 Å². The van der Waals surface area contributed by atoms with Crippen molar-refractivity contribution in [1.29, 1.82) is 0 Å². The molecule has 1 aliphatic heterocycles. The number of nitrogens with one attached hydrogen (secondary N) is 2. The van der Waals surface area contributed by atoms with Crippen molar-refractivity contribution in [1.82, 2.24) is 15.5 Å². The van der Waals surface area contributed by atoms with Crippen LogP contribution >= 0.6 is 0 Å². The van der Waals surface area contributed by atoms with Crippen LogP contribution in [-0.2, 0) is 9.59 Å². The molecule has 1 saturated heterocycles. The molecule has 20 heavy (non-hydrogen) atoms. The van der Waals surface area contributed by atoms with E-state index in [1.807, 2.05) is 0 Å². The van der Waals surface area contributed by atoms with Gasteiger partial charge in [-0.3, -0.25) is 14.5 Å². The van der Waals surface area contributed by atoms with E-state index in [1.54, 1.807) is 5.32 Å². The minimum absolute atomic E-state index is 0.498. The molecule has 0 unspecified atom stereocenters. The molecule has 0 atom stereocenters. The molecule has 0 radical (unpaired) electrons. The van der Waals surface area contributed by atoms with Crippen molar-refractivity contribution in [2.24, 2.45) is 0 Å². The van der Waals surface area contributed by atoms with E-state index in [-0.39, 0.29) is 0 Å². The lowest BCUT2D eigenvalue weighted by Gasteiger charge is -2.19. The van der Waals surface area contributed by atoms with Gasteiger partial charge in [0.25, 0.3) is 5.91 Å². The van der Waals surface area contributed by atoms with E-state index in [2.05, 4.69) is 5.32 Å². The molecule has 4 amide bonds. The monoisotopic (exact) mass is 293 g/mol. The average Bonchev–Trinajstić information content (AvgIpc) is 2.88. The van der Waals surface area contributed by atoms with Gasteiger partial charge in [0, 0.05) is 0 Å². The van der Waals surface area contributed by atoms with Crippen molar-refractivity contribution in [3.8, 4) is 0 Å². The Bertz CT molecular complexity index is 444. The fraction of sp³-hybridized carbons (Fsp3) is 0.727. The Hall–Kier alpha value is -1.80. The third-order valence-corrected chi connectivity index (χ3v) is 3.49. The van der Waals surface area contributed by atoms with E-state index in [0.29, 0.717) is 17.7 Å². The summed E-state index contributed by atoms with van der Waals surface area (Å²) < 4.78 is 35.8. The standard InChI is InChI=1S/C11H14F3N3O3/c12-11(13,14)6-15-7(18)5-17-8(19)10(16-9(17)20)3-1-2-4-10/h1-6H2,(H,15,18)(H,16,20). The second-order valence-corrected chi connectivity index (χ2v) is 5.00. The first-order chi connectivity index (χ1) is 9.23. The third-order valence-electron chi connectivity index (χ3n) is 3.49. The van der Waals surface area contributed by atoms with E-state index in [9.17, 15) is 27.6 Å². The van der Waals surface area contributed by atoms with Gasteiger partial charge in [0.1, 0.15) is 18.6 Å². The van der Waals surface area contributed by atoms with Gasteiger partial charge in [0.15, 0.2) is 0 Å². The van der Waals surface area contributed by atoms with Crippen LogP contribution in [0.25, 0.3) is 0 Å². The zero-order chi connectivity index (χ0) is 15.0. The first-order valence-corrected chi connectivity index (χ1v) is 6.21. The maximum Gasteiger partial charge on any atom is 0.405 e. The summed E-state index contributed by atoms with van der Waals surface area (Å²) in [5, 5.41) is 4.17.